The first-order valence-electron chi connectivity index (χ1n) is 5.97. The van der Waals surface area contributed by atoms with Gasteiger partial charge in [0.2, 0.25) is 0 Å². The summed E-state index contributed by atoms with van der Waals surface area (Å²) in [6, 6.07) is 5.86. The molecule has 0 spiro atoms. The van der Waals surface area contributed by atoms with Crippen molar-refractivity contribution in [2.75, 3.05) is 27.9 Å². The molecule has 1 rings (SSSR count). The van der Waals surface area contributed by atoms with Crippen LogP contribution in [0.5, 0.6) is 11.5 Å². The van der Waals surface area contributed by atoms with Crippen molar-refractivity contribution < 1.29 is 14.6 Å². The Bertz CT molecular complexity index is 391. The van der Waals surface area contributed by atoms with Crippen LogP contribution in [0, 0.1) is 0 Å². The number of ether oxygens (including phenoxy) is 2. The second-order valence-corrected chi connectivity index (χ2v) is 5.02. The van der Waals surface area contributed by atoms with Gasteiger partial charge in [-0.05, 0) is 38.6 Å². The van der Waals surface area contributed by atoms with Gasteiger partial charge < -0.3 is 14.6 Å². The van der Waals surface area contributed by atoms with Gasteiger partial charge in [-0.15, -0.1) is 0 Å². The van der Waals surface area contributed by atoms with Gasteiger partial charge in [0, 0.05) is 12.1 Å². The molecule has 0 bridgehead atoms. The van der Waals surface area contributed by atoms with E-state index in [1.54, 1.807) is 14.2 Å². The highest BCUT2D eigenvalue weighted by molar-refractivity contribution is 5.42. The molecule has 1 aromatic rings. The lowest BCUT2D eigenvalue weighted by Gasteiger charge is -2.34. The molecule has 102 valence electrons. The minimum absolute atomic E-state index is 0.122. The molecule has 0 saturated carbocycles. The van der Waals surface area contributed by atoms with Gasteiger partial charge >= 0.3 is 0 Å². The van der Waals surface area contributed by atoms with Crippen LogP contribution in [0.4, 0.5) is 0 Å². The maximum atomic E-state index is 9.34. The van der Waals surface area contributed by atoms with Crippen LogP contribution in [0.1, 0.15) is 19.4 Å². The lowest BCUT2D eigenvalue weighted by Crippen LogP contribution is -2.43. The van der Waals surface area contributed by atoms with Gasteiger partial charge in [0.15, 0.2) is 11.5 Å². The molecule has 0 aliphatic rings. The quantitative estimate of drug-likeness (QED) is 0.841. The summed E-state index contributed by atoms with van der Waals surface area (Å²) in [5.74, 6) is 1.45. The van der Waals surface area contributed by atoms with Gasteiger partial charge in [0.25, 0.3) is 0 Å². The monoisotopic (exact) mass is 253 g/mol. The van der Waals surface area contributed by atoms with E-state index in [-0.39, 0.29) is 12.1 Å². The molecule has 0 atom stereocenters. The van der Waals surface area contributed by atoms with E-state index in [1.807, 2.05) is 39.1 Å². The van der Waals surface area contributed by atoms with E-state index < -0.39 is 0 Å². The minimum Gasteiger partial charge on any atom is -0.493 e. The topological polar surface area (TPSA) is 41.9 Å². The number of likely N-dealkylation sites (N-methyl/N-ethyl adjacent to an activating group) is 1. The van der Waals surface area contributed by atoms with Crippen LogP contribution in [0.25, 0.3) is 0 Å². The summed E-state index contributed by atoms with van der Waals surface area (Å²) in [6.07, 6.45) is 0. The second kappa shape index (κ2) is 6.07. The SMILES string of the molecule is COc1ccc(CN(C)C(C)(C)CO)cc1OC. The summed E-state index contributed by atoms with van der Waals surface area (Å²) < 4.78 is 10.5. The average molecular weight is 253 g/mol. The largest absolute Gasteiger partial charge is 0.493 e. The van der Waals surface area contributed by atoms with Gasteiger partial charge in [0.05, 0.1) is 20.8 Å². The van der Waals surface area contributed by atoms with Gasteiger partial charge in [-0.2, -0.15) is 0 Å². The summed E-state index contributed by atoms with van der Waals surface area (Å²) in [6.45, 7) is 4.88. The summed E-state index contributed by atoms with van der Waals surface area (Å²) in [5, 5.41) is 9.34. The molecule has 0 unspecified atom stereocenters. The zero-order valence-electron chi connectivity index (χ0n) is 11.9. The first-order chi connectivity index (χ1) is 8.44. The Morgan fingerprint density at radius 2 is 1.78 bits per heavy atom. The highest BCUT2D eigenvalue weighted by atomic mass is 16.5. The molecule has 0 radical (unpaired) electrons. The Balaban J connectivity index is 2.86. The normalized spacial score (nSPS) is 11.7. The maximum Gasteiger partial charge on any atom is 0.161 e. The number of hydrogen-bond acceptors (Lipinski definition) is 4. The molecule has 1 aromatic carbocycles. The lowest BCUT2D eigenvalue weighted by atomic mass is 10.0. The zero-order chi connectivity index (χ0) is 13.8. The molecule has 0 aromatic heterocycles. The van der Waals surface area contributed by atoms with Crippen molar-refractivity contribution in [2.45, 2.75) is 25.9 Å². The summed E-state index contributed by atoms with van der Waals surface area (Å²) in [4.78, 5) is 2.11. The van der Waals surface area contributed by atoms with E-state index in [9.17, 15) is 5.11 Å². The van der Waals surface area contributed by atoms with Crippen molar-refractivity contribution in [1.29, 1.82) is 0 Å². The Labute approximate surface area is 109 Å². The number of methoxy groups -OCH3 is 2. The highest BCUT2D eigenvalue weighted by Gasteiger charge is 2.22. The van der Waals surface area contributed by atoms with Crippen molar-refractivity contribution in [3.05, 3.63) is 23.8 Å². The molecule has 0 aliphatic carbocycles. The minimum atomic E-state index is -0.243. The smallest absolute Gasteiger partial charge is 0.161 e. The third-order valence-electron chi connectivity index (χ3n) is 3.29. The fraction of sp³-hybridized carbons (Fsp3) is 0.571. The second-order valence-electron chi connectivity index (χ2n) is 5.02. The van der Waals surface area contributed by atoms with Crippen LogP contribution in [0.2, 0.25) is 0 Å². The fourth-order valence-corrected chi connectivity index (χ4v) is 1.59. The summed E-state index contributed by atoms with van der Waals surface area (Å²) in [5.41, 5.74) is 0.879. The van der Waals surface area contributed by atoms with Crippen molar-refractivity contribution >= 4 is 0 Å². The molecule has 0 fully saturated rings. The van der Waals surface area contributed by atoms with Crippen LogP contribution >= 0.6 is 0 Å². The van der Waals surface area contributed by atoms with Crippen molar-refractivity contribution in [3.63, 3.8) is 0 Å². The molecule has 4 nitrogen and oxygen atoms in total. The molecule has 0 aliphatic heterocycles. The number of hydrogen-bond donors (Lipinski definition) is 1. The first kappa shape index (κ1) is 14.8. The van der Waals surface area contributed by atoms with E-state index in [0.29, 0.717) is 0 Å². The molecular weight excluding hydrogens is 230 g/mol. The highest BCUT2D eigenvalue weighted by Crippen LogP contribution is 2.28. The van der Waals surface area contributed by atoms with E-state index >= 15 is 0 Å². The average Bonchev–Trinajstić information content (AvgIpc) is 2.38. The van der Waals surface area contributed by atoms with Gasteiger partial charge in [-0.25, -0.2) is 0 Å². The molecule has 4 heteroatoms. The first-order valence-corrected chi connectivity index (χ1v) is 5.97. The van der Waals surface area contributed by atoms with Crippen molar-refractivity contribution in [1.82, 2.24) is 4.90 Å². The number of aliphatic hydroxyl groups excluding tert-OH is 1. The lowest BCUT2D eigenvalue weighted by molar-refractivity contribution is 0.0733. The van der Waals surface area contributed by atoms with Gasteiger partial charge in [0.1, 0.15) is 0 Å². The Morgan fingerprint density at radius 1 is 1.17 bits per heavy atom. The van der Waals surface area contributed by atoms with Crippen molar-refractivity contribution in [3.8, 4) is 11.5 Å². The molecule has 1 N–H and O–H groups in total. The van der Waals surface area contributed by atoms with Crippen LogP contribution in [0.15, 0.2) is 18.2 Å². The van der Waals surface area contributed by atoms with Crippen LogP contribution in [-0.2, 0) is 6.54 Å². The Morgan fingerprint density at radius 3 is 2.28 bits per heavy atom. The molecule has 0 saturated heterocycles. The predicted octanol–water partition coefficient (Wildman–Crippen LogP) is 1.91. The summed E-state index contributed by atoms with van der Waals surface area (Å²) >= 11 is 0. The number of nitrogens with zero attached hydrogens (tertiary/aromatic N) is 1. The molecular formula is C14H23NO3. The van der Waals surface area contributed by atoms with E-state index in [0.717, 1.165) is 23.6 Å². The van der Waals surface area contributed by atoms with E-state index in [1.165, 1.54) is 0 Å². The van der Waals surface area contributed by atoms with Crippen LogP contribution in [-0.4, -0.2) is 43.4 Å². The number of rotatable bonds is 6. The maximum absolute atomic E-state index is 9.34. The van der Waals surface area contributed by atoms with Crippen LogP contribution in [0.3, 0.4) is 0 Å². The predicted molar refractivity (Wildman–Crippen MR) is 72.2 cm³/mol. The third-order valence-corrected chi connectivity index (χ3v) is 3.29. The molecule has 0 heterocycles. The fourth-order valence-electron chi connectivity index (χ4n) is 1.59. The molecule has 18 heavy (non-hydrogen) atoms. The third kappa shape index (κ3) is 3.37. The Hall–Kier alpha value is -1.26. The summed E-state index contributed by atoms with van der Waals surface area (Å²) in [7, 11) is 5.24. The zero-order valence-corrected chi connectivity index (χ0v) is 11.9. The van der Waals surface area contributed by atoms with Crippen LogP contribution < -0.4 is 9.47 Å². The molecule has 0 amide bonds. The van der Waals surface area contributed by atoms with E-state index in [2.05, 4.69) is 4.90 Å². The standard InChI is InChI=1S/C14H23NO3/c1-14(2,10-16)15(3)9-11-6-7-12(17-4)13(8-11)18-5/h6-8,16H,9-10H2,1-5H3. The van der Waals surface area contributed by atoms with Gasteiger partial charge in [-0.1, -0.05) is 6.07 Å². The number of aliphatic hydroxyl groups is 1. The Kier molecular flexibility index (Phi) is 4.99. The van der Waals surface area contributed by atoms with Gasteiger partial charge in [-0.3, -0.25) is 4.90 Å². The van der Waals surface area contributed by atoms with E-state index in [4.69, 9.17) is 9.47 Å². The number of benzene rings is 1. The van der Waals surface area contributed by atoms with Crippen molar-refractivity contribution in [2.24, 2.45) is 0 Å².